The molecule has 0 spiro atoms. The van der Waals surface area contributed by atoms with Crippen molar-refractivity contribution >= 4 is 17.5 Å². The molecule has 0 heterocycles. The van der Waals surface area contributed by atoms with Gasteiger partial charge in [0.05, 0.1) is 11.5 Å². The minimum atomic E-state index is -0.917. The summed E-state index contributed by atoms with van der Waals surface area (Å²) in [5.41, 5.74) is 0.738. The standard InChI is InChI=1S/C18H33NO4/c1-12(2)15(22)23-19-18(9,10-13(20)16(3,4)5)11-14(21)17(6,7)8/h12,19H,10-11H2,1-9H3. The normalized spacial score (nSPS) is 13.1. The Balaban J connectivity index is 5.23. The molecule has 134 valence electrons. The van der Waals surface area contributed by atoms with Crippen LogP contribution in [0.3, 0.4) is 0 Å². The van der Waals surface area contributed by atoms with Gasteiger partial charge in [-0.15, -0.1) is 5.48 Å². The van der Waals surface area contributed by atoms with Gasteiger partial charge in [-0.1, -0.05) is 55.4 Å². The van der Waals surface area contributed by atoms with Gasteiger partial charge in [0.1, 0.15) is 11.6 Å². The van der Waals surface area contributed by atoms with Crippen LogP contribution in [0.15, 0.2) is 0 Å². The highest BCUT2D eigenvalue weighted by atomic mass is 16.7. The van der Waals surface area contributed by atoms with E-state index in [0.717, 1.165) is 0 Å². The fourth-order valence-corrected chi connectivity index (χ4v) is 1.67. The van der Waals surface area contributed by atoms with Gasteiger partial charge >= 0.3 is 5.97 Å². The summed E-state index contributed by atoms with van der Waals surface area (Å²) in [6.45, 7) is 16.2. The molecule has 5 heteroatoms. The fraction of sp³-hybridized carbons (Fsp3) is 0.833. The molecule has 0 aromatic carbocycles. The second-order valence-corrected chi connectivity index (χ2v) is 8.94. The van der Waals surface area contributed by atoms with Crippen LogP contribution in [0.1, 0.15) is 75.2 Å². The highest BCUT2D eigenvalue weighted by Crippen LogP contribution is 2.28. The van der Waals surface area contributed by atoms with Crippen molar-refractivity contribution in [2.75, 3.05) is 0 Å². The Labute approximate surface area is 140 Å². The molecular weight excluding hydrogens is 294 g/mol. The van der Waals surface area contributed by atoms with E-state index in [2.05, 4.69) is 5.48 Å². The topological polar surface area (TPSA) is 72.5 Å². The quantitative estimate of drug-likeness (QED) is 0.725. The monoisotopic (exact) mass is 327 g/mol. The summed E-state index contributed by atoms with van der Waals surface area (Å²) in [5, 5.41) is 0. The molecule has 0 aliphatic carbocycles. The lowest BCUT2D eigenvalue weighted by Gasteiger charge is -2.33. The molecule has 23 heavy (non-hydrogen) atoms. The Bertz CT molecular complexity index is 425. The first-order chi connectivity index (χ1) is 10.1. The van der Waals surface area contributed by atoms with Gasteiger partial charge in [-0.2, -0.15) is 0 Å². The molecule has 0 unspecified atom stereocenters. The van der Waals surface area contributed by atoms with Gasteiger partial charge in [0, 0.05) is 23.7 Å². The highest BCUT2D eigenvalue weighted by molar-refractivity contribution is 5.88. The van der Waals surface area contributed by atoms with Crippen molar-refractivity contribution in [2.24, 2.45) is 16.7 Å². The lowest BCUT2D eigenvalue weighted by atomic mass is 9.77. The third-order valence-corrected chi connectivity index (χ3v) is 3.64. The number of carbonyl (C=O) groups is 3. The summed E-state index contributed by atoms with van der Waals surface area (Å²) in [6.07, 6.45) is 0.230. The van der Waals surface area contributed by atoms with E-state index in [9.17, 15) is 14.4 Å². The number of nitrogens with one attached hydrogen (secondary N) is 1. The number of hydrogen-bond acceptors (Lipinski definition) is 5. The SMILES string of the molecule is CC(C)C(=O)ONC(C)(CC(=O)C(C)(C)C)CC(=O)C(C)(C)C. The third-order valence-electron chi connectivity index (χ3n) is 3.64. The summed E-state index contributed by atoms with van der Waals surface area (Å²) < 4.78 is 0. The zero-order valence-corrected chi connectivity index (χ0v) is 16.1. The smallest absolute Gasteiger partial charge is 0.327 e. The molecule has 0 saturated heterocycles. The first kappa shape index (κ1) is 21.8. The zero-order chi connectivity index (χ0) is 18.6. The van der Waals surface area contributed by atoms with Crippen molar-refractivity contribution in [2.45, 2.75) is 80.7 Å². The number of hydrogen-bond donors (Lipinski definition) is 1. The fourth-order valence-electron chi connectivity index (χ4n) is 1.67. The van der Waals surface area contributed by atoms with E-state index < -0.39 is 22.3 Å². The predicted molar refractivity (Wildman–Crippen MR) is 90.6 cm³/mol. The second-order valence-electron chi connectivity index (χ2n) is 8.94. The van der Waals surface area contributed by atoms with Crippen molar-refractivity contribution in [3.05, 3.63) is 0 Å². The van der Waals surface area contributed by atoms with Gasteiger partial charge in [0.25, 0.3) is 0 Å². The molecule has 0 aliphatic heterocycles. The van der Waals surface area contributed by atoms with Gasteiger partial charge in [-0.25, -0.2) is 0 Å². The molecule has 1 N–H and O–H groups in total. The van der Waals surface area contributed by atoms with Crippen LogP contribution in [0, 0.1) is 16.7 Å². The molecule has 0 atom stereocenters. The van der Waals surface area contributed by atoms with Gasteiger partial charge in [0.15, 0.2) is 0 Å². The Morgan fingerprint density at radius 1 is 0.826 bits per heavy atom. The van der Waals surface area contributed by atoms with E-state index >= 15 is 0 Å². The average Bonchev–Trinajstić information content (AvgIpc) is 2.33. The highest BCUT2D eigenvalue weighted by Gasteiger charge is 2.38. The van der Waals surface area contributed by atoms with Crippen LogP contribution < -0.4 is 5.48 Å². The largest absolute Gasteiger partial charge is 0.370 e. The van der Waals surface area contributed by atoms with Crippen molar-refractivity contribution in [1.29, 1.82) is 0 Å². The maximum Gasteiger partial charge on any atom is 0.327 e. The van der Waals surface area contributed by atoms with Crippen LogP contribution in [-0.2, 0) is 19.2 Å². The van der Waals surface area contributed by atoms with Gasteiger partial charge in [0.2, 0.25) is 0 Å². The van der Waals surface area contributed by atoms with E-state index in [1.165, 1.54) is 0 Å². The summed E-state index contributed by atoms with van der Waals surface area (Å²) in [7, 11) is 0. The average molecular weight is 327 g/mol. The number of ketones is 2. The second kappa shape index (κ2) is 7.56. The minimum Gasteiger partial charge on any atom is -0.370 e. The lowest BCUT2D eigenvalue weighted by molar-refractivity contribution is -0.162. The molecule has 0 bridgehead atoms. The van der Waals surface area contributed by atoms with E-state index in [1.54, 1.807) is 20.8 Å². The summed E-state index contributed by atoms with van der Waals surface area (Å²) in [4.78, 5) is 41.6. The van der Waals surface area contributed by atoms with Crippen LogP contribution >= 0.6 is 0 Å². The molecule has 0 saturated carbocycles. The first-order valence-electron chi connectivity index (χ1n) is 8.13. The molecule has 5 nitrogen and oxygen atoms in total. The zero-order valence-electron chi connectivity index (χ0n) is 16.1. The molecule has 0 aliphatic rings. The maximum absolute atomic E-state index is 12.4. The minimum absolute atomic E-state index is 0.00908. The predicted octanol–water partition coefficient (Wildman–Crippen LogP) is 3.46. The van der Waals surface area contributed by atoms with Crippen molar-refractivity contribution in [3.8, 4) is 0 Å². The van der Waals surface area contributed by atoms with E-state index in [0.29, 0.717) is 0 Å². The number of carbonyl (C=O) groups excluding carboxylic acids is 3. The number of hydroxylamine groups is 1. The Kier molecular flexibility index (Phi) is 7.16. The van der Waals surface area contributed by atoms with E-state index in [-0.39, 0.29) is 30.3 Å². The Morgan fingerprint density at radius 2 is 1.17 bits per heavy atom. The Morgan fingerprint density at radius 3 is 1.43 bits per heavy atom. The van der Waals surface area contributed by atoms with Crippen molar-refractivity contribution in [3.63, 3.8) is 0 Å². The van der Waals surface area contributed by atoms with Crippen LogP contribution in [0.2, 0.25) is 0 Å². The number of Topliss-reactive ketones (excluding diaryl/α,β-unsaturated/α-hetero) is 2. The Hall–Kier alpha value is -1.23. The summed E-state index contributed by atoms with van der Waals surface area (Å²) >= 11 is 0. The molecule has 0 radical (unpaired) electrons. The molecule has 0 fully saturated rings. The number of rotatable bonds is 7. The van der Waals surface area contributed by atoms with Crippen LogP contribution in [0.5, 0.6) is 0 Å². The van der Waals surface area contributed by atoms with E-state index in [1.807, 2.05) is 41.5 Å². The first-order valence-corrected chi connectivity index (χ1v) is 8.13. The third kappa shape index (κ3) is 7.73. The molecular formula is C18H33NO4. The maximum atomic E-state index is 12.4. The summed E-state index contributed by atoms with van der Waals surface area (Å²) in [6, 6.07) is 0. The van der Waals surface area contributed by atoms with Crippen LogP contribution in [0.4, 0.5) is 0 Å². The van der Waals surface area contributed by atoms with Gasteiger partial charge < -0.3 is 4.84 Å². The van der Waals surface area contributed by atoms with Crippen LogP contribution in [0.25, 0.3) is 0 Å². The van der Waals surface area contributed by atoms with Crippen molar-refractivity contribution in [1.82, 2.24) is 5.48 Å². The van der Waals surface area contributed by atoms with E-state index in [4.69, 9.17) is 4.84 Å². The molecule has 0 aromatic heterocycles. The van der Waals surface area contributed by atoms with Gasteiger partial charge in [-0.05, 0) is 6.92 Å². The van der Waals surface area contributed by atoms with Crippen molar-refractivity contribution < 1.29 is 19.2 Å². The van der Waals surface area contributed by atoms with Gasteiger partial charge in [-0.3, -0.25) is 14.4 Å². The molecule has 0 rings (SSSR count). The molecule has 0 amide bonds. The molecule has 0 aromatic rings. The summed E-state index contributed by atoms with van der Waals surface area (Å²) in [5.74, 6) is -0.685. The lowest BCUT2D eigenvalue weighted by Crippen LogP contribution is -2.49. The van der Waals surface area contributed by atoms with Crippen LogP contribution in [-0.4, -0.2) is 23.1 Å².